The van der Waals surface area contributed by atoms with Crippen molar-refractivity contribution in [3.8, 4) is 0 Å². The second-order valence-electron chi connectivity index (χ2n) is 8.49. The van der Waals surface area contributed by atoms with Crippen molar-refractivity contribution in [2.45, 2.75) is 51.7 Å². The Bertz CT molecular complexity index is 1220. The van der Waals surface area contributed by atoms with Crippen LogP contribution in [0.25, 0.3) is 10.3 Å². The van der Waals surface area contributed by atoms with Crippen LogP contribution in [0.15, 0.2) is 28.2 Å². The third-order valence-corrected chi connectivity index (χ3v) is 7.77. The molecule has 1 N–H and O–H groups in total. The van der Waals surface area contributed by atoms with Gasteiger partial charge in [0, 0.05) is 19.6 Å². The molecule has 0 bridgehead atoms. The fourth-order valence-corrected chi connectivity index (χ4v) is 5.60. The lowest BCUT2D eigenvalue weighted by molar-refractivity contribution is -0.113. The molecule has 0 atom stereocenters. The van der Waals surface area contributed by atoms with Gasteiger partial charge in [0.25, 0.3) is 5.56 Å². The van der Waals surface area contributed by atoms with E-state index in [1.807, 2.05) is 6.92 Å². The molecule has 3 aromatic rings. The molecule has 0 saturated carbocycles. The van der Waals surface area contributed by atoms with Crippen LogP contribution in [0.5, 0.6) is 0 Å². The van der Waals surface area contributed by atoms with E-state index in [9.17, 15) is 14.0 Å². The maximum atomic E-state index is 14.1. The summed E-state index contributed by atoms with van der Waals surface area (Å²) < 4.78 is 16.2. The number of halogens is 1. The Morgan fingerprint density at radius 3 is 2.76 bits per heavy atom. The first-order valence-electron chi connectivity index (χ1n) is 11.2. The number of thiazole rings is 1. The van der Waals surface area contributed by atoms with Gasteiger partial charge in [-0.05, 0) is 49.8 Å². The van der Waals surface area contributed by atoms with Gasteiger partial charge in [0.2, 0.25) is 5.91 Å². The second-order valence-corrected chi connectivity index (χ2v) is 10.4. The number of nitrogens with one attached hydrogen (secondary N) is 1. The van der Waals surface area contributed by atoms with Crippen molar-refractivity contribution >= 4 is 50.2 Å². The molecule has 1 amide bonds. The van der Waals surface area contributed by atoms with Crippen LogP contribution in [-0.2, 0) is 11.3 Å². The average Bonchev–Trinajstić information content (AvgIpc) is 3.21. The summed E-state index contributed by atoms with van der Waals surface area (Å²) >= 11 is 2.56. The van der Waals surface area contributed by atoms with E-state index < -0.39 is 5.82 Å². The van der Waals surface area contributed by atoms with Gasteiger partial charge in [0.05, 0.1) is 11.4 Å². The van der Waals surface area contributed by atoms with E-state index in [4.69, 9.17) is 0 Å². The van der Waals surface area contributed by atoms with Crippen LogP contribution in [0.1, 0.15) is 38.7 Å². The first kappa shape index (κ1) is 23.7. The van der Waals surface area contributed by atoms with Gasteiger partial charge in [0.1, 0.15) is 10.5 Å². The maximum Gasteiger partial charge on any atom is 0.273 e. The molecule has 1 fully saturated rings. The van der Waals surface area contributed by atoms with Crippen molar-refractivity contribution in [1.29, 1.82) is 0 Å². The summed E-state index contributed by atoms with van der Waals surface area (Å²) in [5, 5.41) is 3.88. The van der Waals surface area contributed by atoms with E-state index in [1.165, 1.54) is 29.2 Å². The largest absolute Gasteiger partial charge is 0.348 e. The molecule has 1 aliphatic heterocycles. The normalized spacial score (nSPS) is 14.7. The van der Waals surface area contributed by atoms with Crippen LogP contribution >= 0.6 is 23.1 Å². The number of piperidine rings is 1. The van der Waals surface area contributed by atoms with Crippen LogP contribution < -0.4 is 15.8 Å². The molecule has 0 spiro atoms. The minimum Gasteiger partial charge on any atom is -0.348 e. The lowest BCUT2D eigenvalue weighted by atomic mass is 10.00. The van der Waals surface area contributed by atoms with Crippen LogP contribution in [0.4, 0.5) is 15.2 Å². The first-order valence-corrected chi connectivity index (χ1v) is 13.0. The van der Waals surface area contributed by atoms with Crippen molar-refractivity contribution in [3.63, 3.8) is 0 Å². The molecule has 4 rings (SSSR count). The minimum atomic E-state index is -0.474. The molecule has 1 aliphatic rings. The molecule has 1 saturated heterocycles. The Hall–Kier alpha value is -2.46. The smallest absolute Gasteiger partial charge is 0.273 e. The number of nitrogens with zero attached hydrogens (tertiary/aromatic N) is 4. The zero-order valence-corrected chi connectivity index (χ0v) is 20.7. The number of hydrogen-bond acceptors (Lipinski definition) is 7. The Labute approximate surface area is 200 Å². The number of carbonyl (C=O) groups excluding carboxylic acids is 1. The summed E-state index contributed by atoms with van der Waals surface area (Å²) in [6.45, 7) is 8.41. The highest BCUT2D eigenvalue weighted by Gasteiger charge is 2.22. The van der Waals surface area contributed by atoms with Crippen LogP contribution in [-0.4, -0.2) is 39.3 Å². The summed E-state index contributed by atoms with van der Waals surface area (Å²) in [5.41, 5.74) is 1.23. The number of benzene rings is 1. The third-order valence-electron chi connectivity index (χ3n) is 5.70. The predicted molar refractivity (Wildman–Crippen MR) is 133 cm³/mol. The summed E-state index contributed by atoms with van der Waals surface area (Å²) in [5.74, 6) is -0.117. The summed E-state index contributed by atoms with van der Waals surface area (Å²) in [7, 11) is 0. The number of anilines is 2. The van der Waals surface area contributed by atoms with Gasteiger partial charge in [-0.15, -0.1) is 0 Å². The second kappa shape index (κ2) is 10.2. The zero-order chi connectivity index (χ0) is 23.5. The van der Waals surface area contributed by atoms with Crippen molar-refractivity contribution in [1.82, 2.24) is 14.5 Å². The van der Waals surface area contributed by atoms with E-state index in [1.54, 1.807) is 23.6 Å². The number of rotatable bonds is 7. The summed E-state index contributed by atoms with van der Waals surface area (Å²) in [6.07, 6.45) is 2.99. The molecular formula is C23H28FN5O2S2. The third kappa shape index (κ3) is 5.38. The molecular weight excluding hydrogens is 461 g/mol. The lowest BCUT2D eigenvalue weighted by Gasteiger charge is -2.29. The van der Waals surface area contributed by atoms with Crippen molar-refractivity contribution in [2.75, 3.05) is 29.1 Å². The molecule has 10 heteroatoms. The van der Waals surface area contributed by atoms with Gasteiger partial charge in [-0.25, -0.2) is 9.37 Å². The quantitative estimate of drug-likeness (QED) is 0.384. The van der Waals surface area contributed by atoms with Gasteiger partial charge < -0.3 is 10.2 Å². The highest BCUT2D eigenvalue weighted by molar-refractivity contribution is 7.99. The van der Waals surface area contributed by atoms with Gasteiger partial charge in [-0.3, -0.25) is 14.2 Å². The first-order chi connectivity index (χ1) is 15.9. The number of carbonyl (C=O) groups is 1. The Kier molecular flexibility index (Phi) is 7.33. The summed E-state index contributed by atoms with van der Waals surface area (Å²) in [4.78, 5) is 37.2. The van der Waals surface area contributed by atoms with E-state index >= 15 is 0 Å². The molecule has 0 aliphatic carbocycles. The molecule has 1 aromatic carbocycles. The van der Waals surface area contributed by atoms with Crippen LogP contribution in [0, 0.1) is 18.7 Å². The number of hydrogen-bond donors (Lipinski definition) is 1. The maximum absolute atomic E-state index is 14.1. The Morgan fingerprint density at radius 2 is 2.06 bits per heavy atom. The molecule has 176 valence electrons. The monoisotopic (exact) mass is 489 g/mol. The van der Waals surface area contributed by atoms with Gasteiger partial charge in [-0.1, -0.05) is 43.0 Å². The highest BCUT2D eigenvalue weighted by atomic mass is 32.2. The Morgan fingerprint density at radius 1 is 1.30 bits per heavy atom. The number of aromatic nitrogens is 3. The zero-order valence-electron chi connectivity index (χ0n) is 19.1. The van der Waals surface area contributed by atoms with Crippen molar-refractivity contribution in [2.24, 2.45) is 5.92 Å². The van der Waals surface area contributed by atoms with Gasteiger partial charge >= 0.3 is 0 Å². The van der Waals surface area contributed by atoms with E-state index in [0.29, 0.717) is 28.0 Å². The minimum absolute atomic E-state index is 0.00991. The van der Waals surface area contributed by atoms with Crippen molar-refractivity contribution in [3.05, 3.63) is 39.9 Å². The van der Waals surface area contributed by atoms with E-state index in [0.717, 1.165) is 43.0 Å². The topological polar surface area (TPSA) is 80.1 Å². The SMILES string of the molecule is CCCn1c(SCC(=O)Nc2ccc(C)cc2F)nc2nc(N3CCC(C)CC3)sc2c1=O. The molecule has 0 unspecified atom stereocenters. The van der Waals surface area contributed by atoms with E-state index in [-0.39, 0.29) is 22.9 Å². The van der Waals surface area contributed by atoms with Crippen molar-refractivity contribution < 1.29 is 9.18 Å². The fourth-order valence-electron chi connectivity index (χ4n) is 3.78. The number of aryl methyl sites for hydroxylation is 1. The Balaban J connectivity index is 1.55. The number of amides is 1. The van der Waals surface area contributed by atoms with Crippen LogP contribution in [0.2, 0.25) is 0 Å². The number of fused-ring (bicyclic) bond motifs is 1. The van der Waals surface area contributed by atoms with Gasteiger partial charge in [0.15, 0.2) is 15.9 Å². The molecule has 3 heterocycles. The molecule has 7 nitrogen and oxygen atoms in total. The van der Waals surface area contributed by atoms with Gasteiger partial charge in [-0.2, -0.15) is 4.98 Å². The lowest BCUT2D eigenvalue weighted by Crippen LogP contribution is -2.32. The molecule has 0 radical (unpaired) electrons. The van der Waals surface area contributed by atoms with Crippen LogP contribution in [0.3, 0.4) is 0 Å². The molecule has 33 heavy (non-hydrogen) atoms. The fraction of sp³-hybridized carbons (Fsp3) is 0.478. The standard InChI is InChI=1S/C23H28FN5O2S2/c1-4-9-29-21(31)19-20(26-22(33-19)28-10-7-14(2)8-11-28)27-23(29)32-13-18(30)25-17-6-5-15(3)12-16(17)24/h5-6,12,14H,4,7-11,13H2,1-3H3,(H,25,30). The molecule has 2 aromatic heterocycles. The number of thioether (sulfide) groups is 1. The average molecular weight is 490 g/mol. The predicted octanol–water partition coefficient (Wildman–Crippen LogP) is 4.68. The highest BCUT2D eigenvalue weighted by Crippen LogP contribution is 2.30. The summed E-state index contributed by atoms with van der Waals surface area (Å²) in [6, 6.07) is 4.66. The van der Waals surface area contributed by atoms with E-state index in [2.05, 4.69) is 27.1 Å².